The van der Waals surface area contributed by atoms with Crippen LogP contribution >= 0.6 is 0 Å². The van der Waals surface area contributed by atoms with E-state index in [1.807, 2.05) is 0 Å². The molecule has 1 aliphatic heterocycles. The number of carbonyl (C=O) groups excluding carboxylic acids is 1. The van der Waals surface area contributed by atoms with Gasteiger partial charge in [-0.25, -0.2) is 0 Å². The van der Waals surface area contributed by atoms with E-state index < -0.39 is 0 Å². The summed E-state index contributed by atoms with van der Waals surface area (Å²) in [5.41, 5.74) is 6.02. The number of hydrogen-bond donors (Lipinski definition) is 2. The Bertz CT molecular complexity index is 434. The van der Waals surface area contributed by atoms with Crippen molar-refractivity contribution in [1.29, 1.82) is 0 Å². The third kappa shape index (κ3) is 2.19. The minimum absolute atomic E-state index is 0.0340. The summed E-state index contributed by atoms with van der Waals surface area (Å²) in [4.78, 5) is 13.8. The van der Waals surface area contributed by atoms with Crippen LogP contribution in [-0.4, -0.2) is 42.2 Å². The molecule has 1 aromatic rings. The first kappa shape index (κ1) is 11.7. The molecule has 1 aromatic carbocycles. The number of rotatable bonds is 2. The SMILES string of the molecule is COc1cccc(C(=O)N2CCC(N)C2)c1O. The average Bonchev–Trinajstić information content (AvgIpc) is 2.75. The Balaban J connectivity index is 2.25. The number of para-hydroxylation sites is 1. The van der Waals surface area contributed by atoms with Crippen LogP contribution < -0.4 is 10.5 Å². The highest BCUT2D eigenvalue weighted by atomic mass is 16.5. The van der Waals surface area contributed by atoms with Crippen molar-refractivity contribution in [2.45, 2.75) is 12.5 Å². The number of methoxy groups -OCH3 is 1. The molecule has 92 valence electrons. The number of aromatic hydroxyl groups is 1. The Morgan fingerprint density at radius 2 is 2.35 bits per heavy atom. The molecule has 2 rings (SSSR count). The number of nitrogens with zero attached hydrogens (tertiary/aromatic N) is 1. The van der Waals surface area contributed by atoms with Gasteiger partial charge in [0.1, 0.15) is 0 Å². The molecule has 0 aliphatic carbocycles. The predicted octanol–water partition coefficient (Wildman–Crippen LogP) is 0.574. The van der Waals surface area contributed by atoms with Crippen LogP contribution in [0.5, 0.6) is 11.5 Å². The van der Waals surface area contributed by atoms with Crippen molar-refractivity contribution in [1.82, 2.24) is 4.90 Å². The van der Waals surface area contributed by atoms with Crippen molar-refractivity contribution in [3.05, 3.63) is 23.8 Å². The van der Waals surface area contributed by atoms with Gasteiger partial charge in [0, 0.05) is 19.1 Å². The minimum Gasteiger partial charge on any atom is -0.504 e. The van der Waals surface area contributed by atoms with Gasteiger partial charge in [0.2, 0.25) is 0 Å². The maximum Gasteiger partial charge on any atom is 0.257 e. The maximum absolute atomic E-state index is 12.1. The molecule has 5 nitrogen and oxygen atoms in total. The number of amides is 1. The number of likely N-dealkylation sites (tertiary alicyclic amines) is 1. The molecule has 5 heteroatoms. The first-order valence-corrected chi connectivity index (χ1v) is 5.54. The van der Waals surface area contributed by atoms with Gasteiger partial charge in [-0.2, -0.15) is 0 Å². The van der Waals surface area contributed by atoms with Crippen LogP contribution in [0, 0.1) is 0 Å². The predicted molar refractivity (Wildman–Crippen MR) is 63.2 cm³/mol. The van der Waals surface area contributed by atoms with Crippen molar-refractivity contribution >= 4 is 5.91 Å². The number of phenolic OH excluding ortho intramolecular Hbond substituents is 1. The van der Waals surface area contributed by atoms with E-state index in [4.69, 9.17) is 10.5 Å². The Hall–Kier alpha value is -1.75. The van der Waals surface area contributed by atoms with E-state index >= 15 is 0 Å². The summed E-state index contributed by atoms with van der Waals surface area (Å²) in [7, 11) is 1.45. The third-order valence-electron chi connectivity index (χ3n) is 2.96. The summed E-state index contributed by atoms with van der Waals surface area (Å²) < 4.78 is 4.97. The van der Waals surface area contributed by atoms with E-state index in [0.29, 0.717) is 18.8 Å². The highest BCUT2D eigenvalue weighted by Gasteiger charge is 2.26. The monoisotopic (exact) mass is 236 g/mol. The lowest BCUT2D eigenvalue weighted by Gasteiger charge is -2.17. The van der Waals surface area contributed by atoms with Crippen molar-refractivity contribution in [3.63, 3.8) is 0 Å². The van der Waals surface area contributed by atoms with Crippen molar-refractivity contribution in [3.8, 4) is 11.5 Å². The summed E-state index contributed by atoms with van der Waals surface area (Å²) in [5.74, 6) is -0.00540. The van der Waals surface area contributed by atoms with Crippen LogP contribution in [0.3, 0.4) is 0 Å². The lowest BCUT2D eigenvalue weighted by atomic mass is 10.1. The Labute approximate surface area is 99.8 Å². The van der Waals surface area contributed by atoms with E-state index in [0.717, 1.165) is 6.42 Å². The molecule has 1 heterocycles. The average molecular weight is 236 g/mol. The smallest absolute Gasteiger partial charge is 0.257 e. The zero-order valence-corrected chi connectivity index (χ0v) is 9.72. The fraction of sp³-hybridized carbons (Fsp3) is 0.417. The van der Waals surface area contributed by atoms with Crippen molar-refractivity contribution in [2.75, 3.05) is 20.2 Å². The van der Waals surface area contributed by atoms with Crippen LogP contribution in [0.15, 0.2) is 18.2 Å². The molecule has 1 amide bonds. The van der Waals surface area contributed by atoms with Crippen LogP contribution in [-0.2, 0) is 0 Å². The first-order valence-electron chi connectivity index (χ1n) is 5.54. The van der Waals surface area contributed by atoms with Gasteiger partial charge in [0.05, 0.1) is 12.7 Å². The molecule has 0 saturated carbocycles. The fourth-order valence-electron chi connectivity index (χ4n) is 2.00. The number of benzene rings is 1. The second-order valence-electron chi connectivity index (χ2n) is 4.16. The summed E-state index contributed by atoms with van der Waals surface area (Å²) in [6.45, 7) is 1.17. The Kier molecular flexibility index (Phi) is 3.19. The molecule has 1 aliphatic rings. The van der Waals surface area contributed by atoms with Crippen molar-refractivity contribution in [2.24, 2.45) is 5.73 Å². The maximum atomic E-state index is 12.1. The molecule has 1 unspecified atom stereocenters. The summed E-state index contributed by atoms with van der Waals surface area (Å²) >= 11 is 0. The number of phenols is 1. The number of hydrogen-bond acceptors (Lipinski definition) is 4. The van der Waals surface area contributed by atoms with Crippen molar-refractivity contribution < 1.29 is 14.6 Å². The summed E-state index contributed by atoms with van der Waals surface area (Å²) in [6, 6.07) is 4.92. The second kappa shape index (κ2) is 4.63. The normalized spacial score (nSPS) is 19.4. The minimum atomic E-state index is -0.200. The lowest BCUT2D eigenvalue weighted by molar-refractivity contribution is 0.0787. The van der Waals surface area contributed by atoms with Crippen LogP contribution in [0.25, 0.3) is 0 Å². The van der Waals surface area contributed by atoms with Crippen LogP contribution in [0.4, 0.5) is 0 Å². The number of nitrogens with two attached hydrogens (primary N) is 1. The van der Waals surface area contributed by atoms with Gasteiger partial charge in [-0.15, -0.1) is 0 Å². The quantitative estimate of drug-likeness (QED) is 0.787. The molecule has 0 spiro atoms. The zero-order valence-electron chi connectivity index (χ0n) is 9.72. The molecule has 0 radical (unpaired) electrons. The van der Waals surface area contributed by atoms with Crippen LogP contribution in [0.1, 0.15) is 16.8 Å². The van der Waals surface area contributed by atoms with Gasteiger partial charge >= 0.3 is 0 Å². The molecule has 0 aromatic heterocycles. The molecular formula is C12H16N2O3. The van der Waals surface area contributed by atoms with Gasteiger partial charge in [0.15, 0.2) is 11.5 Å². The second-order valence-corrected chi connectivity index (χ2v) is 4.16. The van der Waals surface area contributed by atoms with Crippen LogP contribution in [0.2, 0.25) is 0 Å². The third-order valence-corrected chi connectivity index (χ3v) is 2.96. The van der Waals surface area contributed by atoms with Gasteiger partial charge in [-0.3, -0.25) is 4.79 Å². The molecule has 1 fully saturated rings. The number of ether oxygens (including phenoxy) is 1. The molecule has 1 atom stereocenters. The standard InChI is InChI=1S/C12H16N2O3/c1-17-10-4-2-3-9(11(10)15)12(16)14-6-5-8(13)7-14/h2-4,8,15H,5-7,13H2,1H3. The largest absolute Gasteiger partial charge is 0.504 e. The highest BCUT2D eigenvalue weighted by molar-refractivity contribution is 5.97. The Morgan fingerprint density at radius 3 is 2.94 bits per heavy atom. The molecular weight excluding hydrogens is 220 g/mol. The van der Waals surface area contributed by atoms with Gasteiger partial charge in [0.25, 0.3) is 5.91 Å². The van der Waals surface area contributed by atoms with E-state index in [1.165, 1.54) is 7.11 Å². The van der Waals surface area contributed by atoms with Gasteiger partial charge in [-0.05, 0) is 18.6 Å². The van der Waals surface area contributed by atoms with E-state index in [-0.39, 0.29) is 23.3 Å². The van der Waals surface area contributed by atoms with Gasteiger partial charge < -0.3 is 20.5 Å². The highest BCUT2D eigenvalue weighted by Crippen LogP contribution is 2.30. The zero-order chi connectivity index (χ0) is 12.4. The topological polar surface area (TPSA) is 75.8 Å². The van der Waals surface area contributed by atoms with E-state index in [1.54, 1.807) is 23.1 Å². The molecule has 3 N–H and O–H groups in total. The van der Waals surface area contributed by atoms with E-state index in [2.05, 4.69) is 0 Å². The molecule has 1 saturated heterocycles. The summed E-state index contributed by atoms with van der Waals surface area (Å²) in [5, 5.41) is 9.88. The van der Waals surface area contributed by atoms with E-state index in [9.17, 15) is 9.90 Å². The van der Waals surface area contributed by atoms with Gasteiger partial charge in [-0.1, -0.05) is 6.07 Å². The molecule has 0 bridgehead atoms. The Morgan fingerprint density at radius 1 is 1.59 bits per heavy atom. The lowest BCUT2D eigenvalue weighted by Crippen LogP contribution is -2.31. The summed E-state index contributed by atoms with van der Waals surface area (Å²) in [6.07, 6.45) is 0.802. The first-order chi connectivity index (χ1) is 8.13. The number of carbonyl (C=O) groups is 1. The fourth-order valence-corrected chi connectivity index (χ4v) is 2.00. The molecule has 17 heavy (non-hydrogen) atoms.